The van der Waals surface area contributed by atoms with E-state index in [0.29, 0.717) is 26.2 Å². The molecule has 8 heteroatoms. The number of aliphatic carboxylic acids is 1. The first kappa shape index (κ1) is 15.7. The van der Waals surface area contributed by atoms with Gasteiger partial charge in [-0.2, -0.15) is 0 Å². The van der Waals surface area contributed by atoms with Gasteiger partial charge in [0.25, 0.3) is 5.91 Å². The van der Waals surface area contributed by atoms with Crippen molar-refractivity contribution in [3.8, 4) is 0 Å². The molecule has 3 amide bonds. The Balaban J connectivity index is 1.76. The molecule has 0 aliphatic carbocycles. The number of imide groups is 1. The molecule has 0 atom stereocenters. The van der Waals surface area contributed by atoms with E-state index in [1.807, 2.05) is 4.90 Å². The summed E-state index contributed by atoms with van der Waals surface area (Å²) >= 11 is 0. The minimum absolute atomic E-state index is 0.0645. The Morgan fingerprint density at radius 1 is 1.14 bits per heavy atom. The molecule has 0 bridgehead atoms. The van der Waals surface area contributed by atoms with Crippen LogP contribution in [0.5, 0.6) is 0 Å². The highest BCUT2D eigenvalue weighted by atomic mass is 16.4. The summed E-state index contributed by atoms with van der Waals surface area (Å²) in [4.78, 5) is 39.7. The lowest BCUT2D eigenvalue weighted by molar-refractivity contribution is -0.139. The Morgan fingerprint density at radius 3 is 2.19 bits per heavy atom. The van der Waals surface area contributed by atoms with Crippen molar-refractivity contribution in [2.45, 2.75) is 19.4 Å². The van der Waals surface area contributed by atoms with Crippen LogP contribution in [0.2, 0.25) is 0 Å². The molecule has 2 saturated heterocycles. The Labute approximate surface area is 123 Å². The van der Waals surface area contributed by atoms with Crippen LogP contribution in [0.15, 0.2) is 0 Å². The molecule has 2 rings (SSSR count). The normalized spacial score (nSPS) is 23.4. The maximum absolute atomic E-state index is 12.0. The van der Waals surface area contributed by atoms with Gasteiger partial charge in [0.05, 0.1) is 6.54 Å². The predicted octanol–water partition coefficient (Wildman–Crippen LogP) is -0.981. The van der Waals surface area contributed by atoms with E-state index in [-0.39, 0.29) is 18.5 Å². The molecular formula is C13H22N4O4. The van der Waals surface area contributed by atoms with Crippen LogP contribution in [0, 0.1) is 0 Å². The van der Waals surface area contributed by atoms with Crippen molar-refractivity contribution in [1.29, 1.82) is 0 Å². The lowest BCUT2D eigenvalue weighted by Crippen LogP contribution is -2.50. The molecule has 2 heterocycles. The van der Waals surface area contributed by atoms with Crippen LogP contribution in [0.4, 0.5) is 4.79 Å². The molecule has 0 radical (unpaired) electrons. The van der Waals surface area contributed by atoms with Crippen molar-refractivity contribution in [2.75, 3.05) is 45.8 Å². The zero-order valence-corrected chi connectivity index (χ0v) is 12.5. The van der Waals surface area contributed by atoms with Crippen LogP contribution >= 0.6 is 0 Å². The van der Waals surface area contributed by atoms with E-state index >= 15 is 0 Å². The number of carboxylic acids is 1. The van der Waals surface area contributed by atoms with Crippen molar-refractivity contribution >= 4 is 17.9 Å². The van der Waals surface area contributed by atoms with E-state index in [0.717, 1.165) is 13.1 Å². The fraction of sp³-hybridized carbons (Fsp3) is 0.769. The van der Waals surface area contributed by atoms with Gasteiger partial charge in [0.2, 0.25) is 0 Å². The Morgan fingerprint density at radius 2 is 1.71 bits per heavy atom. The Kier molecular flexibility index (Phi) is 4.48. The van der Waals surface area contributed by atoms with E-state index in [1.165, 1.54) is 4.90 Å². The molecule has 0 unspecified atom stereocenters. The standard InChI is InChI=1S/C13H22N4O4/c1-13(2)11(20)17(12(21)14-13)8-7-15-3-5-16(6-4-15)9-10(18)19/h3-9H2,1-2H3,(H,14,21)(H,18,19). The number of carbonyl (C=O) groups is 3. The molecule has 0 saturated carbocycles. The fourth-order valence-electron chi connectivity index (χ4n) is 2.62. The molecule has 2 aliphatic rings. The van der Waals surface area contributed by atoms with Gasteiger partial charge in [-0.15, -0.1) is 0 Å². The minimum Gasteiger partial charge on any atom is -0.480 e. The van der Waals surface area contributed by atoms with E-state index in [9.17, 15) is 14.4 Å². The topological polar surface area (TPSA) is 93.2 Å². The van der Waals surface area contributed by atoms with E-state index < -0.39 is 11.5 Å². The van der Waals surface area contributed by atoms with Gasteiger partial charge in [-0.25, -0.2) is 4.79 Å². The zero-order chi connectivity index (χ0) is 15.6. The lowest BCUT2D eigenvalue weighted by Gasteiger charge is -2.34. The van der Waals surface area contributed by atoms with Crippen molar-refractivity contribution in [3.63, 3.8) is 0 Å². The van der Waals surface area contributed by atoms with Crippen molar-refractivity contribution in [1.82, 2.24) is 20.0 Å². The second-order valence-electron chi connectivity index (χ2n) is 6.02. The van der Waals surface area contributed by atoms with E-state index in [2.05, 4.69) is 10.2 Å². The smallest absolute Gasteiger partial charge is 0.325 e. The summed E-state index contributed by atoms with van der Waals surface area (Å²) in [6.45, 7) is 7.32. The Bertz CT molecular complexity index is 443. The second-order valence-corrected chi connectivity index (χ2v) is 6.02. The molecule has 0 aromatic carbocycles. The number of carbonyl (C=O) groups excluding carboxylic acids is 2. The van der Waals surface area contributed by atoms with Gasteiger partial charge in [0.1, 0.15) is 5.54 Å². The first-order valence-electron chi connectivity index (χ1n) is 7.10. The van der Waals surface area contributed by atoms with Crippen LogP contribution in [-0.4, -0.2) is 89.1 Å². The maximum atomic E-state index is 12.0. The number of nitrogens with zero attached hydrogens (tertiary/aromatic N) is 3. The summed E-state index contributed by atoms with van der Waals surface area (Å²) < 4.78 is 0. The number of amides is 3. The van der Waals surface area contributed by atoms with Gasteiger partial charge in [-0.3, -0.25) is 24.3 Å². The summed E-state index contributed by atoms with van der Waals surface area (Å²) in [6, 6.07) is -0.338. The number of hydrogen-bond acceptors (Lipinski definition) is 5. The van der Waals surface area contributed by atoms with Crippen molar-refractivity contribution in [2.24, 2.45) is 0 Å². The summed E-state index contributed by atoms with van der Waals surface area (Å²) in [5, 5.41) is 11.4. The molecule has 2 N–H and O–H groups in total. The van der Waals surface area contributed by atoms with Gasteiger partial charge in [-0.05, 0) is 13.8 Å². The quantitative estimate of drug-likeness (QED) is 0.634. The number of urea groups is 1. The predicted molar refractivity (Wildman–Crippen MR) is 74.8 cm³/mol. The largest absolute Gasteiger partial charge is 0.480 e. The summed E-state index contributed by atoms with van der Waals surface area (Å²) in [6.07, 6.45) is 0. The number of nitrogens with one attached hydrogen (secondary N) is 1. The van der Waals surface area contributed by atoms with Gasteiger partial charge in [0, 0.05) is 39.3 Å². The first-order chi connectivity index (χ1) is 9.79. The summed E-state index contributed by atoms with van der Waals surface area (Å²) in [7, 11) is 0. The van der Waals surface area contributed by atoms with Crippen LogP contribution in [-0.2, 0) is 9.59 Å². The highest BCUT2D eigenvalue weighted by Gasteiger charge is 2.43. The first-order valence-corrected chi connectivity index (χ1v) is 7.10. The van der Waals surface area contributed by atoms with Crippen LogP contribution in [0.1, 0.15) is 13.8 Å². The fourth-order valence-corrected chi connectivity index (χ4v) is 2.62. The minimum atomic E-state index is -0.822. The summed E-state index contributed by atoms with van der Waals surface area (Å²) in [5.74, 6) is -1.01. The van der Waals surface area contributed by atoms with Crippen LogP contribution in [0.25, 0.3) is 0 Å². The Hall–Kier alpha value is -1.67. The molecule has 2 aliphatic heterocycles. The average Bonchev–Trinajstić information content (AvgIpc) is 2.58. The monoisotopic (exact) mass is 298 g/mol. The van der Waals surface area contributed by atoms with Gasteiger partial charge in [-0.1, -0.05) is 0 Å². The number of piperazine rings is 1. The highest BCUT2D eigenvalue weighted by molar-refractivity contribution is 6.06. The molecule has 2 fully saturated rings. The molecule has 0 aromatic heterocycles. The molecule has 21 heavy (non-hydrogen) atoms. The number of rotatable bonds is 5. The zero-order valence-electron chi connectivity index (χ0n) is 12.5. The SMILES string of the molecule is CC1(C)NC(=O)N(CCN2CCN(CC(=O)O)CC2)C1=O. The highest BCUT2D eigenvalue weighted by Crippen LogP contribution is 2.16. The number of carboxylic acid groups (broad SMARTS) is 1. The van der Waals surface area contributed by atoms with Crippen LogP contribution < -0.4 is 5.32 Å². The maximum Gasteiger partial charge on any atom is 0.325 e. The number of hydrogen-bond donors (Lipinski definition) is 2. The molecule has 0 spiro atoms. The second kappa shape index (κ2) is 5.98. The molecular weight excluding hydrogens is 276 g/mol. The lowest BCUT2D eigenvalue weighted by atomic mass is 10.1. The van der Waals surface area contributed by atoms with Crippen LogP contribution in [0.3, 0.4) is 0 Å². The third-order valence-corrected chi connectivity index (χ3v) is 3.91. The van der Waals surface area contributed by atoms with E-state index in [1.54, 1.807) is 13.8 Å². The van der Waals surface area contributed by atoms with Crippen molar-refractivity contribution in [3.05, 3.63) is 0 Å². The van der Waals surface area contributed by atoms with Gasteiger partial charge in [0.15, 0.2) is 0 Å². The third kappa shape index (κ3) is 3.70. The molecule has 0 aromatic rings. The van der Waals surface area contributed by atoms with E-state index in [4.69, 9.17) is 5.11 Å². The average molecular weight is 298 g/mol. The van der Waals surface area contributed by atoms with Crippen molar-refractivity contribution < 1.29 is 19.5 Å². The molecule has 118 valence electrons. The third-order valence-electron chi connectivity index (χ3n) is 3.91. The van der Waals surface area contributed by atoms with Gasteiger partial charge >= 0.3 is 12.0 Å². The van der Waals surface area contributed by atoms with Gasteiger partial charge < -0.3 is 10.4 Å². The summed E-state index contributed by atoms with van der Waals surface area (Å²) in [5.41, 5.74) is -0.822. The molecule has 8 nitrogen and oxygen atoms in total.